The van der Waals surface area contributed by atoms with Crippen molar-refractivity contribution >= 4 is 33.9 Å². The van der Waals surface area contributed by atoms with Gasteiger partial charge in [-0.25, -0.2) is 4.98 Å². The highest BCUT2D eigenvalue weighted by atomic mass is 16.3. The molecule has 8 rings (SSSR count). The summed E-state index contributed by atoms with van der Waals surface area (Å²) in [6.45, 7) is 1.97. The summed E-state index contributed by atoms with van der Waals surface area (Å²) in [6, 6.07) is 44.8. The molecule has 4 nitrogen and oxygen atoms in total. The molecule has 2 N–H and O–H groups in total. The summed E-state index contributed by atoms with van der Waals surface area (Å²) in [5.74, 6) is 0. The van der Waals surface area contributed by atoms with Gasteiger partial charge in [0.2, 0.25) is 0 Å². The Labute approximate surface area is 286 Å². The number of aromatic nitrogens is 1. The van der Waals surface area contributed by atoms with Gasteiger partial charge in [0, 0.05) is 22.6 Å². The molecule has 1 atom stereocenters. The highest BCUT2D eigenvalue weighted by molar-refractivity contribution is 6.16. The summed E-state index contributed by atoms with van der Waals surface area (Å²) in [4.78, 5) is 9.62. The lowest BCUT2D eigenvalue weighted by Crippen LogP contribution is -2.06. The second kappa shape index (κ2) is 13.1. The molecule has 5 aromatic carbocycles. The molecule has 4 heteroatoms. The molecule has 1 unspecified atom stereocenters. The van der Waals surface area contributed by atoms with Gasteiger partial charge < -0.3 is 10.2 Å². The Hall–Kier alpha value is -6.26. The largest absolute Gasteiger partial charge is 0.455 e. The van der Waals surface area contributed by atoms with Crippen LogP contribution in [0.4, 0.5) is 0 Å². The zero-order chi connectivity index (χ0) is 33.2. The van der Waals surface area contributed by atoms with Crippen LogP contribution in [-0.4, -0.2) is 11.2 Å². The third-order valence-corrected chi connectivity index (χ3v) is 9.12. The molecular formula is C45H35N3O. The maximum Gasteiger partial charge on any atom is 0.143 e. The molecule has 0 amide bonds. The van der Waals surface area contributed by atoms with Crippen molar-refractivity contribution in [2.24, 2.45) is 10.7 Å². The van der Waals surface area contributed by atoms with E-state index < -0.39 is 0 Å². The minimum absolute atomic E-state index is 0.0361. The molecule has 0 saturated carbocycles. The highest BCUT2D eigenvalue weighted by Gasteiger charge is 2.19. The predicted molar refractivity (Wildman–Crippen MR) is 205 cm³/mol. The van der Waals surface area contributed by atoms with Gasteiger partial charge in [0.15, 0.2) is 0 Å². The van der Waals surface area contributed by atoms with Crippen LogP contribution in [0.25, 0.3) is 72.1 Å². The minimum Gasteiger partial charge on any atom is -0.455 e. The Morgan fingerprint density at radius 1 is 0.714 bits per heavy atom. The van der Waals surface area contributed by atoms with Gasteiger partial charge >= 0.3 is 0 Å². The Kier molecular flexibility index (Phi) is 8.04. The van der Waals surface area contributed by atoms with E-state index in [1.165, 1.54) is 5.56 Å². The number of benzene rings is 5. The monoisotopic (exact) mass is 633 g/mol. The van der Waals surface area contributed by atoms with E-state index in [0.717, 1.165) is 78.7 Å². The van der Waals surface area contributed by atoms with Crippen LogP contribution < -0.4 is 5.73 Å². The Morgan fingerprint density at radius 3 is 2.14 bits per heavy atom. The van der Waals surface area contributed by atoms with Crippen molar-refractivity contribution in [2.45, 2.75) is 19.4 Å². The first kappa shape index (κ1) is 30.1. The fraction of sp³-hybridized carbons (Fsp3) is 0.0667. The molecule has 236 valence electrons. The van der Waals surface area contributed by atoms with Gasteiger partial charge in [0.25, 0.3) is 0 Å². The van der Waals surface area contributed by atoms with Gasteiger partial charge in [-0.15, -0.1) is 0 Å². The molecule has 0 radical (unpaired) electrons. The topological polar surface area (TPSA) is 64.4 Å². The number of rotatable bonds is 7. The van der Waals surface area contributed by atoms with E-state index in [-0.39, 0.29) is 6.04 Å². The van der Waals surface area contributed by atoms with Gasteiger partial charge in [0.1, 0.15) is 11.2 Å². The molecule has 0 aliphatic carbocycles. The lowest BCUT2D eigenvalue weighted by Gasteiger charge is -2.16. The second-order valence-corrected chi connectivity index (χ2v) is 12.3. The summed E-state index contributed by atoms with van der Waals surface area (Å²) in [6.07, 6.45) is 12.6. The molecule has 1 aliphatic rings. The number of fused-ring (bicyclic) bond motifs is 3. The van der Waals surface area contributed by atoms with Gasteiger partial charge in [-0.1, -0.05) is 115 Å². The fourth-order valence-electron chi connectivity index (χ4n) is 6.64. The van der Waals surface area contributed by atoms with E-state index in [2.05, 4.69) is 127 Å². The number of dihydropyridines is 1. The molecule has 0 bridgehead atoms. The highest BCUT2D eigenvalue weighted by Crippen LogP contribution is 2.43. The van der Waals surface area contributed by atoms with E-state index in [4.69, 9.17) is 20.1 Å². The standard InChI is InChI=1S/C45H35N3O/c1-2-3-18-39(46)41-28-35(29-42(48-41)40-19-10-11-25-47-40)31-21-23-33(24-22-31)36-17-12-20-43-44(36)38-27-34(30-13-6-4-7-14-30)26-37(45(38)49-43)32-15-8-5-9-16-32/h2-18,20-29,40H,19,46H2,1H3/b3-2-,39-18-. The van der Waals surface area contributed by atoms with Crippen molar-refractivity contribution in [3.8, 4) is 44.5 Å². The first-order valence-corrected chi connectivity index (χ1v) is 16.7. The molecule has 49 heavy (non-hydrogen) atoms. The number of hydrogen-bond acceptors (Lipinski definition) is 4. The molecule has 0 saturated heterocycles. The Balaban J connectivity index is 1.26. The molecule has 0 spiro atoms. The Bertz CT molecular complexity index is 2410. The zero-order valence-corrected chi connectivity index (χ0v) is 27.3. The smallest absolute Gasteiger partial charge is 0.143 e. The van der Waals surface area contributed by atoms with Crippen LogP contribution in [0.1, 0.15) is 30.8 Å². The van der Waals surface area contributed by atoms with Crippen LogP contribution in [0.15, 0.2) is 167 Å². The number of pyridine rings is 1. The minimum atomic E-state index is -0.0361. The van der Waals surface area contributed by atoms with Crippen LogP contribution in [-0.2, 0) is 0 Å². The van der Waals surface area contributed by atoms with Gasteiger partial charge in [-0.2, -0.15) is 0 Å². The van der Waals surface area contributed by atoms with Crippen LogP contribution >= 0.6 is 0 Å². The first-order chi connectivity index (χ1) is 24.2. The maximum absolute atomic E-state index is 6.67. The summed E-state index contributed by atoms with van der Waals surface area (Å²) < 4.78 is 6.67. The van der Waals surface area contributed by atoms with Gasteiger partial charge in [-0.3, -0.25) is 4.99 Å². The number of allylic oxidation sites excluding steroid dienone is 4. The SMILES string of the molecule is C/C=C\C=C(/N)c1cc(-c2ccc(-c3cccc4oc5c(-c6ccccc6)cc(-c6ccccc6)cc5c34)cc2)cc(C2CC=CC=N2)n1. The predicted octanol–water partition coefficient (Wildman–Crippen LogP) is 11.6. The van der Waals surface area contributed by atoms with Gasteiger partial charge in [0.05, 0.1) is 23.1 Å². The third kappa shape index (κ3) is 5.90. The van der Waals surface area contributed by atoms with Crippen molar-refractivity contribution in [3.05, 3.63) is 169 Å². The van der Waals surface area contributed by atoms with E-state index in [1.807, 2.05) is 43.5 Å². The lowest BCUT2D eigenvalue weighted by molar-refractivity contribution is 0.670. The van der Waals surface area contributed by atoms with E-state index in [1.54, 1.807) is 0 Å². The number of hydrogen-bond donors (Lipinski definition) is 1. The summed E-state index contributed by atoms with van der Waals surface area (Å²) >= 11 is 0. The van der Waals surface area contributed by atoms with Crippen LogP contribution in [0.5, 0.6) is 0 Å². The summed E-state index contributed by atoms with van der Waals surface area (Å²) in [7, 11) is 0. The van der Waals surface area contributed by atoms with Crippen molar-refractivity contribution in [3.63, 3.8) is 0 Å². The van der Waals surface area contributed by atoms with Crippen molar-refractivity contribution in [1.29, 1.82) is 0 Å². The van der Waals surface area contributed by atoms with Crippen molar-refractivity contribution in [2.75, 3.05) is 0 Å². The first-order valence-electron chi connectivity index (χ1n) is 16.7. The average molecular weight is 634 g/mol. The quantitative estimate of drug-likeness (QED) is 0.178. The summed E-state index contributed by atoms with van der Waals surface area (Å²) in [5, 5.41) is 2.21. The third-order valence-electron chi connectivity index (χ3n) is 9.12. The van der Waals surface area contributed by atoms with Crippen molar-refractivity contribution in [1.82, 2.24) is 4.98 Å². The summed E-state index contributed by atoms with van der Waals surface area (Å²) in [5.41, 5.74) is 19.5. The molecule has 1 aliphatic heterocycles. The second-order valence-electron chi connectivity index (χ2n) is 12.3. The number of furan rings is 1. The van der Waals surface area contributed by atoms with Gasteiger partial charge in [-0.05, 0) is 94.8 Å². The van der Waals surface area contributed by atoms with E-state index in [0.29, 0.717) is 5.70 Å². The fourth-order valence-corrected chi connectivity index (χ4v) is 6.64. The molecule has 3 heterocycles. The average Bonchev–Trinajstić information content (AvgIpc) is 3.56. The molecule has 0 fully saturated rings. The maximum atomic E-state index is 6.67. The van der Waals surface area contributed by atoms with Crippen LogP contribution in [0, 0.1) is 0 Å². The number of nitrogens with zero attached hydrogens (tertiary/aromatic N) is 2. The van der Waals surface area contributed by atoms with Crippen LogP contribution in [0.2, 0.25) is 0 Å². The Morgan fingerprint density at radius 2 is 1.41 bits per heavy atom. The number of aliphatic imine (C=N–C) groups is 1. The zero-order valence-electron chi connectivity index (χ0n) is 27.3. The van der Waals surface area contributed by atoms with Crippen LogP contribution in [0.3, 0.4) is 0 Å². The number of nitrogens with two attached hydrogens (primary N) is 1. The molecule has 7 aromatic rings. The van der Waals surface area contributed by atoms with E-state index in [9.17, 15) is 0 Å². The lowest BCUT2D eigenvalue weighted by atomic mass is 9.93. The van der Waals surface area contributed by atoms with E-state index >= 15 is 0 Å². The molecular weight excluding hydrogens is 599 g/mol. The molecule has 2 aromatic heterocycles. The van der Waals surface area contributed by atoms with Crippen molar-refractivity contribution < 1.29 is 4.42 Å². The normalized spacial score (nSPS) is 14.7.